The maximum atomic E-state index is 12.2. The lowest BCUT2D eigenvalue weighted by Crippen LogP contribution is -2.45. The molecule has 9 heteroatoms. The summed E-state index contributed by atoms with van der Waals surface area (Å²) >= 11 is 6.19. The number of hydrogen-bond donors (Lipinski definition) is 1. The number of nitrogens with two attached hydrogens (primary N) is 1. The van der Waals surface area contributed by atoms with Crippen molar-refractivity contribution in [3.8, 4) is 11.5 Å². The largest absolute Gasteiger partial charge is 0.493 e. The number of ether oxygens (including phenoxy) is 3. The van der Waals surface area contributed by atoms with E-state index in [-0.39, 0.29) is 18.4 Å². The van der Waals surface area contributed by atoms with Crippen molar-refractivity contribution in [2.75, 3.05) is 33.4 Å². The molecule has 1 atom stereocenters. The molecule has 0 aromatic heterocycles. The van der Waals surface area contributed by atoms with Crippen LogP contribution < -0.4 is 15.2 Å². The van der Waals surface area contributed by atoms with Crippen molar-refractivity contribution in [2.24, 2.45) is 11.7 Å². The van der Waals surface area contributed by atoms with E-state index in [0.29, 0.717) is 48.1 Å². The van der Waals surface area contributed by atoms with Crippen LogP contribution in [0, 0.1) is 5.92 Å². The van der Waals surface area contributed by atoms with Crippen LogP contribution in [0.1, 0.15) is 25.3 Å². The molecule has 0 spiro atoms. The Morgan fingerprint density at radius 1 is 1.34 bits per heavy atom. The molecule has 2 amide bonds. The topological polar surface area (TPSA) is 108 Å². The van der Waals surface area contributed by atoms with E-state index >= 15 is 0 Å². The number of methoxy groups -OCH3 is 1. The number of carbonyl (C=O) groups excluding carboxylic acids is 3. The normalized spacial score (nSPS) is 16.5. The van der Waals surface area contributed by atoms with Crippen molar-refractivity contribution in [2.45, 2.75) is 19.8 Å². The number of amides is 2. The summed E-state index contributed by atoms with van der Waals surface area (Å²) < 4.78 is 15.7. The molecule has 0 unspecified atom stereocenters. The van der Waals surface area contributed by atoms with E-state index < -0.39 is 18.5 Å². The lowest BCUT2D eigenvalue weighted by Gasteiger charge is -2.30. The van der Waals surface area contributed by atoms with Gasteiger partial charge >= 0.3 is 5.97 Å². The zero-order chi connectivity index (χ0) is 21.4. The van der Waals surface area contributed by atoms with Gasteiger partial charge in [0.25, 0.3) is 5.91 Å². The molecule has 1 saturated heterocycles. The summed E-state index contributed by atoms with van der Waals surface area (Å²) in [6.45, 7) is 2.64. The standard InChI is InChI=1S/C20H25ClN2O6/c1-3-28-19-15(21)9-13(10-16(19)27-2)6-7-18(25)29-12-17(24)23-8-4-5-14(11-23)20(22)26/h6-7,9-10,14H,3-5,8,11-12H2,1-2H3,(H2,22,26)/b7-6+/t14-/m1/s1. The van der Waals surface area contributed by atoms with Crippen LogP contribution in [0.2, 0.25) is 5.02 Å². The molecule has 8 nitrogen and oxygen atoms in total. The zero-order valence-corrected chi connectivity index (χ0v) is 17.2. The highest BCUT2D eigenvalue weighted by molar-refractivity contribution is 6.32. The molecule has 0 aliphatic carbocycles. The van der Waals surface area contributed by atoms with Gasteiger partial charge in [-0.05, 0) is 43.5 Å². The van der Waals surface area contributed by atoms with E-state index in [0.717, 1.165) is 0 Å². The molecule has 29 heavy (non-hydrogen) atoms. The van der Waals surface area contributed by atoms with Gasteiger partial charge in [-0.1, -0.05) is 11.6 Å². The van der Waals surface area contributed by atoms with E-state index in [4.69, 9.17) is 31.5 Å². The van der Waals surface area contributed by atoms with Crippen LogP contribution in [0.15, 0.2) is 18.2 Å². The van der Waals surface area contributed by atoms with Crippen molar-refractivity contribution in [1.29, 1.82) is 0 Å². The number of benzene rings is 1. The number of rotatable bonds is 8. The van der Waals surface area contributed by atoms with Crippen molar-refractivity contribution in [1.82, 2.24) is 4.90 Å². The van der Waals surface area contributed by atoms with E-state index in [1.807, 2.05) is 6.92 Å². The quantitative estimate of drug-likeness (QED) is 0.505. The van der Waals surface area contributed by atoms with Gasteiger partial charge < -0.3 is 24.8 Å². The third-order valence-corrected chi connectivity index (χ3v) is 4.75. The molecule has 1 aromatic carbocycles. The first-order chi connectivity index (χ1) is 13.8. The number of carbonyl (C=O) groups is 3. The number of piperidine rings is 1. The van der Waals surface area contributed by atoms with Crippen LogP contribution in [0.3, 0.4) is 0 Å². The van der Waals surface area contributed by atoms with Gasteiger partial charge in [0, 0.05) is 19.2 Å². The first-order valence-corrected chi connectivity index (χ1v) is 9.65. The fourth-order valence-corrected chi connectivity index (χ4v) is 3.27. The van der Waals surface area contributed by atoms with Gasteiger partial charge in [-0.2, -0.15) is 0 Å². The third-order valence-electron chi connectivity index (χ3n) is 4.47. The van der Waals surface area contributed by atoms with Gasteiger partial charge in [0.2, 0.25) is 5.91 Å². The molecule has 158 valence electrons. The maximum Gasteiger partial charge on any atom is 0.331 e. The molecule has 2 rings (SSSR count). The molecule has 1 heterocycles. The van der Waals surface area contributed by atoms with Crippen LogP contribution in [0.5, 0.6) is 11.5 Å². The van der Waals surface area contributed by atoms with Gasteiger partial charge in [0.05, 0.1) is 24.7 Å². The Hall–Kier alpha value is -2.74. The van der Waals surface area contributed by atoms with Crippen molar-refractivity contribution in [3.63, 3.8) is 0 Å². The summed E-state index contributed by atoms with van der Waals surface area (Å²) in [7, 11) is 1.49. The highest BCUT2D eigenvalue weighted by Crippen LogP contribution is 2.36. The smallest absolute Gasteiger partial charge is 0.331 e. The van der Waals surface area contributed by atoms with E-state index in [2.05, 4.69) is 0 Å². The molecular formula is C20H25ClN2O6. The first kappa shape index (κ1) is 22.5. The molecule has 0 saturated carbocycles. The van der Waals surface area contributed by atoms with Gasteiger partial charge in [-0.3, -0.25) is 9.59 Å². The Morgan fingerprint density at radius 3 is 2.76 bits per heavy atom. The second-order valence-electron chi connectivity index (χ2n) is 6.49. The molecule has 1 fully saturated rings. The molecule has 0 radical (unpaired) electrons. The molecule has 2 N–H and O–H groups in total. The summed E-state index contributed by atoms with van der Waals surface area (Å²) in [5.41, 5.74) is 5.92. The summed E-state index contributed by atoms with van der Waals surface area (Å²) in [6.07, 6.45) is 4.05. The molecule has 1 aliphatic heterocycles. The fourth-order valence-electron chi connectivity index (χ4n) is 2.99. The number of hydrogen-bond acceptors (Lipinski definition) is 6. The Labute approximate surface area is 174 Å². The summed E-state index contributed by atoms with van der Waals surface area (Å²) in [4.78, 5) is 36.9. The highest BCUT2D eigenvalue weighted by atomic mass is 35.5. The van der Waals surface area contributed by atoms with Crippen LogP contribution in [-0.4, -0.2) is 56.1 Å². The average molecular weight is 425 g/mol. The number of nitrogens with zero attached hydrogens (tertiary/aromatic N) is 1. The monoisotopic (exact) mass is 424 g/mol. The fraction of sp³-hybridized carbons (Fsp3) is 0.450. The molecule has 1 aromatic rings. The number of esters is 1. The van der Waals surface area contributed by atoms with Gasteiger partial charge in [0.15, 0.2) is 18.1 Å². The molecule has 1 aliphatic rings. The minimum Gasteiger partial charge on any atom is -0.493 e. The minimum absolute atomic E-state index is 0.256. The van der Waals surface area contributed by atoms with E-state index in [1.165, 1.54) is 24.2 Å². The van der Waals surface area contributed by atoms with Crippen LogP contribution in [0.25, 0.3) is 6.08 Å². The van der Waals surface area contributed by atoms with Gasteiger partial charge in [-0.15, -0.1) is 0 Å². The Bertz CT molecular complexity index is 795. The average Bonchev–Trinajstić information content (AvgIpc) is 2.72. The Kier molecular flexibility index (Phi) is 8.33. The highest BCUT2D eigenvalue weighted by Gasteiger charge is 2.27. The van der Waals surface area contributed by atoms with Crippen molar-refractivity contribution < 1.29 is 28.6 Å². The predicted molar refractivity (Wildman–Crippen MR) is 108 cm³/mol. The zero-order valence-electron chi connectivity index (χ0n) is 16.5. The second-order valence-corrected chi connectivity index (χ2v) is 6.90. The van der Waals surface area contributed by atoms with E-state index in [9.17, 15) is 14.4 Å². The van der Waals surface area contributed by atoms with Crippen LogP contribution in [-0.2, 0) is 19.1 Å². The Morgan fingerprint density at radius 2 is 2.10 bits per heavy atom. The third kappa shape index (κ3) is 6.39. The van der Waals surface area contributed by atoms with Crippen molar-refractivity contribution in [3.05, 3.63) is 28.8 Å². The number of likely N-dealkylation sites (tertiary alicyclic amines) is 1. The van der Waals surface area contributed by atoms with Gasteiger partial charge in [-0.25, -0.2) is 4.79 Å². The maximum absolute atomic E-state index is 12.2. The summed E-state index contributed by atoms with van der Waals surface area (Å²) in [5, 5.41) is 0.350. The Balaban J connectivity index is 1.92. The first-order valence-electron chi connectivity index (χ1n) is 9.28. The SMILES string of the molecule is CCOc1c(Cl)cc(/C=C/C(=O)OCC(=O)N2CCC[C@@H](C(N)=O)C2)cc1OC. The van der Waals surface area contributed by atoms with Crippen molar-refractivity contribution >= 4 is 35.5 Å². The lowest BCUT2D eigenvalue weighted by atomic mass is 9.97. The minimum atomic E-state index is -0.675. The summed E-state index contributed by atoms with van der Waals surface area (Å²) in [5.74, 6) is -0.946. The predicted octanol–water partition coefficient (Wildman–Crippen LogP) is 2.03. The second kappa shape index (κ2) is 10.7. The molecule has 0 bridgehead atoms. The van der Waals surface area contributed by atoms with Crippen LogP contribution in [0.4, 0.5) is 0 Å². The van der Waals surface area contributed by atoms with E-state index in [1.54, 1.807) is 12.1 Å². The number of halogens is 1. The lowest BCUT2D eigenvalue weighted by molar-refractivity contribution is -0.149. The summed E-state index contributed by atoms with van der Waals surface area (Å²) in [6, 6.07) is 3.30. The van der Waals surface area contributed by atoms with Gasteiger partial charge in [0.1, 0.15) is 0 Å². The van der Waals surface area contributed by atoms with Crippen LogP contribution >= 0.6 is 11.6 Å². The molecular weight excluding hydrogens is 400 g/mol. The number of primary amides is 1.